The maximum absolute atomic E-state index is 11.2. The third kappa shape index (κ3) is 2.57. The van der Waals surface area contributed by atoms with Gasteiger partial charge in [-0.05, 0) is 6.07 Å². The highest BCUT2D eigenvalue weighted by Gasteiger charge is 2.02. The van der Waals surface area contributed by atoms with Crippen LogP contribution in [0.3, 0.4) is 0 Å². The largest absolute Gasteiger partial charge is 0.341 e. The first-order chi connectivity index (χ1) is 8.31. The van der Waals surface area contributed by atoms with Crippen molar-refractivity contribution >= 4 is 6.03 Å². The summed E-state index contributed by atoms with van der Waals surface area (Å²) in [5, 5.41) is 9.87. The van der Waals surface area contributed by atoms with E-state index in [-0.39, 0.29) is 0 Å². The molecule has 0 aliphatic rings. The van der Waals surface area contributed by atoms with Crippen LogP contribution in [0.2, 0.25) is 0 Å². The molecule has 86 valence electrons. The summed E-state index contributed by atoms with van der Waals surface area (Å²) in [5.41, 5.74) is 1.56. The number of nitrogens with zero attached hydrogens (tertiary/aromatic N) is 2. The second-order valence-electron chi connectivity index (χ2n) is 3.34. The van der Waals surface area contributed by atoms with Crippen molar-refractivity contribution in [1.29, 1.82) is 0 Å². The van der Waals surface area contributed by atoms with Gasteiger partial charge in [0, 0.05) is 18.8 Å². The number of benzene rings is 1. The lowest BCUT2D eigenvalue weighted by atomic mass is 10.1. The van der Waals surface area contributed by atoms with Crippen LogP contribution in [0.1, 0.15) is 0 Å². The Morgan fingerprint density at radius 1 is 1.29 bits per heavy atom. The standard InChI is InChI=1S/C12H12N4O/c1-13-12(17)15-10-7-8-14-16-11(10)9-5-3-2-4-6-9/h2-8H,1H3,(H2,13,14,15,17). The van der Waals surface area contributed by atoms with Gasteiger partial charge in [-0.2, -0.15) is 10.1 Å². The van der Waals surface area contributed by atoms with E-state index < -0.39 is 6.03 Å². The van der Waals surface area contributed by atoms with Crippen LogP contribution in [0.5, 0.6) is 0 Å². The van der Waals surface area contributed by atoms with Crippen LogP contribution in [0, 0.1) is 0 Å². The molecule has 5 heteroatoms. The molecular weight excluding hydrogens is 216 g/mol. The maximum Gasteiger partial charge on any atom is 0.341 e. The summed E-state index contributed by atoms with van der Waals surface area (Å²) >= 11 is 0. The summed E-state index contributed by atoms with van der Waals surface area (Å²) in [5.74, 6) is 0. The van der Waals surface area contributed by atoms with Crippen molar-refractivity contribution in [2.75, 3.05) is 7.05 Å². The highest BCUT2D eigenvalue weighted by molar-refractivity contribution is 5.75. The molecule has 0 aliphatic heterocycles. The third-order valence-electron chi connectivity index (χ3n) is 2.22. The minimum atomic E-state index is -0.393. The minimum absolute atomic E-state index is 0.393. The number of aromatic nitrogens is 2. The molecule has 0 aliphatic carbocycles. The zero-order chi connectivity index (χ0) is 12.1. The third-order valence-corrected chi connectivity index (χ3v) is 2.22. The molecule has 5 nitrogen and oxygen atoms in total. The molecule has 1 heterocycles. The Kier molecular flexibility index (Phi) is 3.30. The predicted molar refractivity (Wildman–Crippen MR) is 64.0 cm³/mol. The highest BCUT2D eigenvalue weighted by Crippen LogP contribution is 2.10. The van der Waals surface area contributed by atoms with Gasteiger partial charge in [0.05, 0.1) is 5.36 Å². The van der Waals surface area contributed by atoms with Gasteiger partial charge in [-0.3, -0.25) is 5.10 Å². The Bertz CT molecular complexity index is 574. The van der Waals surface area contributed by atoms with E-state index in [4.69, 9.17) is 0 Å². The highest BCUT2D eigenvalue weighted by atomic mass is 16.2. The Hall–Kier alpha value is -2.43. The number of aromatic amines is 1. The monoisotopic (exact) mass is 228 g/mol. The number of H-pyrrole nitrogens is 1. The number of carbonyl (C=O) groups excluding carboxylic acids is 1. The average molecular weight is 228 g/mol. The van der Waals surface area contributed by atoms with E-state index >= 15 is 0 Å². The molecule has 2 N–H and O–H groups in total. The Labute approximate surface area is 98.2 Å². The van der Waals surface area contributed by atoms with Gasteiger partial charge in [-0.15, -0.1) is 0 Å². The smallest absolute Gasteiger partial charge is 0.339 e. The van der Waals surface area contributed by atoms with Crippen molar-refractivity contribution in [3.05, 3.63) is 48.0 Å². The summed E-state index contributed by atoms with van der Waals surface area (Å²) in [6.07, 6.45) is 1.63. The molecule has 0 saturated carbocycles. The van der Waals surface area contributed by atoms with Gasteiger partial charge in [0.15, 0.2) is 0 Å². The topological polar surface area (TPSA) is 70.1 Å². The van der Waals surface area contributed by atoms with E-state index in [1.807, 2.05) is 30.3 Å². The number of amides is 2. The molecule has 2 aromatic rings. The van der Waals surface area contributed by atoms with Gasteiger partial charge in [0.1, 0.15) is 5.69 Å². The number of nitrogens with one attached hydrogen (secondary N) is 2. The Morgan fingerprint density at radius 2 is 2.06 bits per heavy atom. The Morgan fingerprint density at radius 3 is 2.76 bits per heavy atom. The summed E-state index contributed by atoms with van der Waals surface area (Å²) in [6, 6.07) is 10.9. The van der Waals surface area contributed by atoms with Gasteiger partial charge < -0.3 is 5.32 Å². The Balaban J connectivity index is 2.56. The van der Waals surface area contributed by atoms with E-state index in [0.717, 1.165) is 5.56 Å². The lowest BCUT2D eigenvalue weighted by Gasteiger charge is -2.00. The molecule has 0 radical (unpaired) electrons. The lowest BCUT2D eigenvalue weighted by molar-refractivity contribution is 0.250. The van der Waals surface area contributed by atoms with Crippen LogP contribution in [-0.4, -0.2) is 23.3 Å². The van der Waals surface area contributed by atoms with Crippen LogP contribution >= 0.6 is 0 Å². The first kappa shape index (κ1) is 11.1. The zero-order valence-electron chi connectivity index (χ0n) is 9.34. The second-order valence-corrected chi connectivity index (χ2v) is 3.34. The van der Waals surface area contributed by atoms with Gasteiger partial charge in [0.25, 0.3) is 0 Å². The minimum Gasteiger partial charge on any atom is -0.339 e. The second kappa shape index (κ2) is 5.07. The summed E-state index contributed by atoms with van der Waals surface area (Å²) in [6.45, 7) is 0. The van der Waals surface area contributed by atoms with Crippen molar-refractivity contribution in [1.82, 2.24) is 15.5 Å². The van der Waals surface area contributed by atoms with E-state index in [1.54, 1.807) is 12.3 Å². The molecule has 0 unspecified atom stereocenters. The molecule has 17 heavy (non-hydrogen) atoms. The quantitative estimate of drug-likeness (QED) is 0.772. The van der Waals surface area contributed by atoms with E-state index in [9.17, 15) is 4.79 Å². The van der Waals surface area contributed by atoms with Gasteiger partial charge in [0.2, 0.25) is 0 Å². The number of hydrogen-bond acceptors (Lipinski definition) is 2. The maximum atomic E-state index is 11.2. The van der Waals surface area contributed by atoms with Crippen molar-refractivity contribution in [2.45, 2.75) is 0 Å². The van der Waals surface area contributed by atoms with Crippen molar-refractivity contribution in [3.8, 4) is 11.3 Å². The molecule has 2 amide bonds. The molecule has 2 rings (SSSR count). The van der Waals surface area contributed by atoms with Crippen LogP contribution in [-0.2, 0) is 0 Å². The van der Waals surface area contributed by atoms with Crippen LogP contribution in [0.15, 0.2) is 47.6 Å². The molecule has 0 fully saturated rings. The fourth-order valence-electron chi connectivity index (χ4n) is 1.42. The van der Waals surface area contributed by atoms with Gasteiger partial charge in [-0.1, -0.05) is 30.3 Å². The average Bonchev–Trinajstić information content (AvgIpc) is 2.40. The van der Waals surface area contributed by atoms with Crippen molar-refractivity contribution in [3.63, 3.8) is 0 Å². The molecule has 0 saturated heterocycles. The lowest BCUT2D eigenvalue weighted by Crippen LogP contribution is -2.19. The number of urea groups is 1. The fourth-order valence-corrected chi connectivity index (χ4v) is 1.42. The molecule has 1 aromatic heterocycles. The van der Waals surface area contributed by atoms with Crippen molar-refractivity contribution in [2.24, 2.45) is 4.99 Å². The normalized spacial score (nSPS) is 11.2. The summed E-state index contributed by atoms with van der Waals surface area (Å²) < 4.78 is 0. The van der Waals surface area contributed by atoms with E-state index in [0.29, 0.717) is 11.1 Å². The predicted octanol–water partition coefficient (Wildman–Crippen LogP) is 1.32. The number of hydrogen-bond donors (Lipinski definition) is 2. The van der Waals surface area contributed by atoms with E-state index in [2.05, 4.69) is 20.5 Å². The first-order valence-electron chi connectivity index (χ1n) is 5.17. The number of rotatable bonds is 1. The molecule has 1 aromatic carbocycles. The summed E-state index contributed by atoms with van der Waals surface area (Å²) in [4.78, 5) is 15.2. The summed E-state index contributed by atoms with van der Waals surface area (Å²) in [7, 11) is 1.54. The molecule has 0 bridgehead atoms. The van der Waals surface area contributed by atoms with Crippen LogP contribution in [0.4, 0.5) is 4.79 Å². The molecular formula is C12H12N4O. The van der Waals surface area contributed by atoms with Crippen LogP contribution in [0.25, 0.3) is 11.3 Å². The van der Waals surface area contributed by atoms with Crippen molar-refractivity contribution < 1.29 is 4.79 Å². The zero-order valence-corrected chi connectivity index (χ0v) is 9.34. The van der Waals surface area contributed by atoms with E-state index in [1.165, 1.54) is 7.05 Å². The molecule has 0 atom stereocenters. The number of carbonyl (C=O) groups is 1. The fraction of sp³-hybridized carbons (Fsp3) is 0.0833. The van der Waals surface area contributed by atoms with Gasteiger partial charge >= 0.3 is 6.03 Å². The van der Waals surface area contributed by atoms with Gasteiger partial charge in [-0.25, -0.2) is 4.79 Å². The SMILES string of the molecule is CNC(=O)N=c1cc[nH]nc1-c1ccccc1. The van der Waals surface area contributed by atoms with Crippen LogP contribution < -0.4 is 10.7 Å². The first-order valence-corrected chi connectivity index (χ1v) is 5.17. The molecule has 0 spiro atoms.